The number of carbonyl (C=O) groups excluding carboxylic acids is 3. The predicted molar refractivity (Wildman–Crippen MR) is 93.2 cm³/mol. The molecule has 0 radical (unpaired) electrons. The van der Waals surface area contributed by atoms with E-state index in [9.17, 15) is 23.2 Å². The van der Waals surface area contributed by atoms with Gasteiger partial charge in [0.2, 0.25) is 0 Å². The van der Waals surface area contributed by atoms with Crippen molar-refractivity contribution in [3.8, 4) is 0 Å². The van der Waals surface area contributed by atoms with Gasteiger partial charge in [-0.25, -0.2) is 9.59 Å². The van der Waals surface area contributed by atoms with Gasteiger partial charge in [0.05, 0.1) is 5.41 Å². The van der Waals surface area contributed by atoms with Crippen molar-refractivity contribution in [2.45, 2.75) is 51.4 Å². The van der Waals surface area contributed by atoms with E-state index in [2.05, 4.69) is 16.1 Å². The smallest absolute Gasteiger partial charge is 0.380 e. The minimum atomic E-state index is -3.95. The van der Waals surface area contributed by atoms with E-state index in [1.807, 2.05) is 0 Å². The van der Waals surface area contributed by atoms with Gasteiger partial charge in [-0.05, 0) is 63.2 Å². The van der Waals surface area contributed by atoms with Gasteiger partial charge in [-0.2, -0.15) is 8.78 Å². The zero-order valence-electron chi connectivity index (χ0n) is 16.0. The van der Waals surface area contributed by atoms with Gasteiger partial charge in [0.25, 0.3) is 0 Å². The molecular formula is C20H26F2O6. The minimum Gasteiger partial charge on any atom is -0.459 e. The van der Waals surface area contributed by atoms with Crippen LogP contribution in [0.15, 0.2) is 12.2 Å². The molecular weight excluding hydrogens is 374 g/mol. The Morgan fingerprint density at radius 1 is 0.964 bits per heavy atom. The van der Waals surface area contributed by atoms with Crippen molar-refractivity contribution in [1.29, 1.82) is 0 Å². The van der Waals surface area contributed by atoms with Crippen LogP contribution in [0, 0.1) is 23.2 Å². The summed E-state index contributed by atoms with van der Waals surface area (Å²) in [7, 11) is 0. The first-order valence-electron chi connectivity index (χ1n) is 9.66. The van der Waals surface area contributed by atoms with E-state index < -0.39 is 42.5 Å². The van der Waals surface area contributed by atoms with Gasteiger partial charge in [0, 0.05) is 5.57 Å². The van der Waals surface area contributed by atoms with E-state index in [-0.39, 0.29) is 12.2 Å². The third-order valence-corrected chi connectivity index (χ3v) is 6.05. The van der Waals surface area contributed by atoms with Gasteiger partial charge in [0.1, 0.15) is 13.2 Å². The number of hydrogen-bond acceptors (Lipinski definition) is 6. The fourth-order valence-corrected chi connectivity index (χ4v) is 5.23. The average molecular weight is 400 g/mol. The highest BCUT2D eigenvalue weighted by Gasteiger charge is 2.56. The van der Waals surface area contributed by atoms with Crippen LogP contribution < -0.4 is 0 Å². The second kappa shape index (κ2) is 7.79. The summed E-state index contributed by atoms with van der Waals surface area (Å²) in [6, 6.07) is 0. The van der Waals surface area contributed by atoms with Gasteiger partial charge in [-0.3, -0.25) is 4.79 Å². The van der Waals surface area contributed by atoms with Crippen molar-refractivity contribution in [3.63, 3.8) is 0 Å². The lowest BCUT2D eigenvalue weighted by atomic mass is 9.49. The van der Waals surface area contributed by atoms with Crippen molar-refractivity contribution in [2.75, 3.05) is 19.8 Å². The van der Waals surface area contributed by atoms with Crippen LogP contribution in [0.5, 0.6) is 0 Å². The van der Waals surface area contributed by atoms with Crippen molar-refractivity contribution < 1.29 is 37.4 Å². The van der Waals surface area contributed by atoms with Crippen molar-refractivity contribution in [2.24, 2.45) is 23.2 Å². The molecule has 0 spiro atoms. The molecule has 28 heavy (non-hydrogen) atoms. The molecule has 0 aliphatic heterocycles. The van der Waals surface area contributed by atoms with Gasteiger partial charge in [0.15, 0.2) is 6.61 Å². The molecule has 0 heterocycles. The Kier molecular flexibility index (Phi) is 5.77. The zero-order chi connectivity index (χ0) is 20.5. The number of hydrogen-bond donors (Lipinski definition) is 0. The molecule has 6 nitrogen and oxygen atoms in total. The molecule has 4 aliphatic carbocycles. The number of rotatable bonds is 8. The van der Waals surface area contributed by atoms with E-state index in [0.29, 0.717) is 37.0 Å². The van der Waals surface area contributed by atoms with Crippen molar-refractivity contribution in [1.82, 2.24) is 0 Å². The summed E-state index contributed by atoms with van der Waals surface area (Å²) in [6.45, 7) is 2.58. The highest BCUT2D eigenvalue weighted by Crippen LogP contribution is 2.60. The van der Waals surface area contributed by atoms with Gasteiger partial charge < -0.3 is 14.2 Å². The Hall–Kier alpha value is -1.99. The van der Waals surface area contributed by atoms with Crippen LogP contribution in [0.4, 0.5) is 8.78 Å². The van der Waals surface area contributed by atoms with Crippen LogP contribution in [0.3, 0.4) is 0 Å². The maximum atomic E-state index is 14.0. The summed E-state index contributed by atoms with van der Waals surface area (Å²) in [5.41, 5.74) is -0.515. The van der Waals surface area contributed by atoms with Gasteiger partial charge in [-0.1, -0.05) is 6.58 Å². The van der Waals surface area contributed by atoms with E-state index in [1.54, 1.807) is 0 Å². The minimum absolute atomic E-state index is 0.147. The number of halogens is 2. The van der Waals surface area contributed by atoms with E-state index >= 15 is 0 Å². The fraction of sp³-hybridized carbons (Fsp3) is 0.750. The molecule has 156 valence electrons. The standard InChI is InChI=1S/C20H26F2O6/c1-12(2)16(23)26-3-4-27-18(25)20(21,22)11-28-17(24)19-8-13-5-14(9-19)7-15(6-13)10-19/h13-15H,1,3-11H2,2H3. The van der Waals surface area contributed by atoms with Crippen molar-refractivity contribution >= 4 is 17.9 Å². The third-order valence-electron chi connectivity index (χ3n) is 6.05. The molecule has 0 amide bonds. The Bertz CT molecular complexity index is 636. The molecule has 0 atom stereocenters. The van der Waals surface area contributed by atoms with E-state index in [1.165, 1.54) is 6.92 Å². The molecule has 4 rings (SSSR count). The molecule has 8 heteroatoms. The Morgan fingerprint density at radius 2 is 1.46 bits per heavy atom. The van der Waals surface area contributed by atoms with Crippen LogP contribution in [-0.4, -0.2) is 43.7 Å². The van der Waals surface area contributed by atoms with Crippen molar-refractivity contribution in [3.05, 3.63) is 12.2 Å². The highest BCUT2D eigenvalue weighted by molar-refractivity contribution is 5.87. The Labute approximate surface area is 162 Å². The lowest BCUT2D eigenvalue weighted by molar-refractivity contribution is -0.193. The molecule has 4 saturated carbocycles. The summed E-state index contributed by atoms with van der Waals surface area (Å²) in [5.74, 6) is -5.64. The first-order chi connectivity index (χ1) is 13.1. The molecule has 0 unspecified atom stereocenters. The molecule has 4 aliphatic rings. The second-order valence-electron chi connectivity index (χ2n) is 8.53. The summed E-state index contributed by atoms with van der Waals surface area (Å²) >= 11 is 0. The predicted octanol–water partition coefficient (Wildman–Crippen LogP) is 3.04. The Morgan fingerprint density at radius 3 is 1.96 bits per heavy atom. The fourth-order valence-electron chi connectivity index (χ4n) is 5.23. The molecule has 0 N–H and O–H groups in total. The largest absolute Gasteiger partial charge is 0.459 e. The summed E-state index contributed by atoms with van der Waals surface area (Å²) in [6.07, 6.45) is 5.44. The SMILES string of the molecule is C=C(C)C(=O)OCCOC(=O)C(F)(F)COC(=O)C12CC3CC(CC(C3)C1)C2. The van der Waals surface area contributed by atoms with E-state index in [0.717, 1.165) is 19.3 Å². The topological polar surface area (TPSA) is 78.9 Å². The van der Waals surface area contributed by atoms with Gasteiger partial charge in [-0.15, -0.1) is 0 Å². The van der Waals surface area contributed by atoms with Crippen LogP contribution in [0.1, 0.15) is 45.4 Å². The van der Waals surface area contributed by atoms with Gasteiger partial charge >= 0.3 is 23.8 Å². The van der Waals surface area contributed by atoms with Crippen LogP contribution >= 0.6 is 0 Å². The summed E-state index contributed by atoms with van der Waals surface area (Å²) < 4.78 is 42.0. The first kappa shape index (κ1) is 20.7. The van der Waals surface area contributed by atoms with Crippen LogP contribution in [0.25, 0.3) is 0 Å². The average Bonchev–Trinajstić information content (AvgIpc) is 2.61. The van der Waals surface area contributed by atoms with E-state index in [4.69, 9.17) is 4.74 Å². The molecule has 0 aromatic heterocycles. The summed E-state index contributed by atoms with van der Waals surface area (Å²) in [5, 5.41) is 0. The normalized spacial score (nSPS) is 30.6. The molecule has 0 aromatic rings. The highest BCUT2D eigenvalue weighted by atomic mass is 19.3. The number of ether oxygens (including phenoxy) is 3. The zero-order valence-corrected chi connectivity index (χ0v) is 16.0. The molecule has 0 aromatic carbocycles. The maximum Gasteiger partial charge on any atom is 0.380 e. The van der Waals surface area contributed by atoms with Crippen LogP contribution in [0.2, 0.25) is 0 Å². The summed E-state index contributed by atoms with van der Waals surface area (Å²) in [4.78, 5) is 35.3. The Balaban J connectivity index is 1.45. The van der Waals surface area contributed by atoms with Crippen LogP contribution in [-0.2, 0) is 28.6 Å². The number of esters is 3. The first-order valence-corrected chi connectivity index (χ1v) is 9.66. The second-order valence-corrected chi connectivity index (χ2v) is 8.53. The third kappa shape index (κ3) is 4.36. The lowest BCUT2D eigenvalue weighted by Crippen LogP contribution is -2.51. The molecule has 0 saturated heterocycles. The maximum absolute atomic E-state index is 14.0. The monoisotopic (exact) mass is 400 g/mol. The number of alkyl halides is 2. The number of carbonyl (C=O) groups is 3. The quantitative estimate of drug-likeness (QED) is 0.270. The molecule has 4 bridgehead atoms. The lowest BCUT2D eigenvalue weighted by Gasteiger charge is -2.55. The molecule has 4 fully saturated rings.